The first-order valence-corrected chi connectivity index (χ1v) is 6.49. The Morgan fingerprint density at radius 1 is 1.44 bits per heavy atom. The lowest BCUT2D eigenvalue weighted by Gasteiger charge is -2.07. The lowest BCUT2D eigenvalue weighted by Crippen LogP contribution is -1.98. The van der Waals surface area contributed by atoms with Crippen LogP contribution >= 0.6 is 11.8 Å². The fourth-order valence-corrected chi connectivity index (χ4v) is 2.53. The highest BCUT2D eigenvalue weighted by atomic mass is 32.2. The Hall–Kier alpha value is -1.76. The van der Waals surface area contributed by atoms with Gasteiger partial charge in [0.05, 0.1) is 18.8 Å². The molecule has 94 valence electrons. The molecule has 0 unspecified atom stereocenters. The number of nitrogen functional groups attached to an aromatic ring is 1. The van der Waals surface area contributed by atoms with Crippen molar-refractivity contribution in [3.8, 4) is 5.75 Å². The summed E-state index contributed by atoms with van der Waals surface area (Å²) in [5, 5.41) is 12.6. The van der Waals surface area contributed by atoms with Crippen LogP contribution in [0.5, 0.6) is 5.75 Å². The van der Waals surface area contributed by atoms with Crippen molar-refractivity contribution in [3.63, 3.8) is 0 Å². The van der Waals surface area contributed by atoms with Gasteiger partial charge in [-0.15, -0.1) is 5.10 Å². The van der Waals surface area contributed by atoms with E-state index in [1.165, 1.54) is 11.8 Å². The first-order valence-electron chi connectivity index (χ1n) is 5.67. The smallest absolute Gasteiger partial charge is 0.214 e. The van der Waals surface area contributed by atoms with Gasteiger partial charge < -0.3 is 10.5 Å². The molecule has 1 aliphatic carbocycles. The maximum absolute atomic E-state index is 5.78. The number of anilines is 1. The summed E-state index contributed by atoms with van der Waals surface area (Å²) < 4.78 is 7.08. The van der Waals surface area contributed by atoms with Crippen LogP contribution in [-0.4, -0.2) is 27.3 Å². The van der Waals surface area contributed by atoms with Gasteiger partial charge in [0.25, 0.3) is 0 Å². The monoisotopic (exact) mass is 263 g/mol. The molecule has 7 heteroatoms. The number of tetrazole rings is 1. The number of hydrogen-bond acceptors (Lipinski definition) is 6. The van der Waals surface area contributed by atoms with Gasteiger partial charge in [-0.05, 0) is 53.2 Å². The zero-order chi connectivity index (χ0) is 12.5. The summed E-state index contributed by atoms with van der Waals surface area (Å²) in [6.07, 6.45) is 2.31. The summed E-state index contributed by atoms with van der Waals surface area (Å²) >= 11 is 1.52. The van der Waals surface area contributed by atoms with Gasteiger partial charge in [0, 0.05) is 4.90 Å². The van der Waals surface area contributed by atoms with Crippen LogP contribution in [-0.2, 0) is 0 Å². The van der Waals surface area contributed by atoms with Crippen LogP contribution in [0.2, 0.25) is 0 Å². The van der Waals surface area contributed by atoms with Crippen molar-refractivity contribution < 1.29 is 4.74 Å². The third-order valence-corrected chi connectivity index (χ3v) is 3.71. The predicted octanol–water partition coefficient (Wildman–Crippen LogP) is 1.75. The van der Waals surface area contributed by atoms with Crippen molar-refractivity contribution in [2.45, 2.75) is 28.9 Å². The van der Waals surface area contributed by atoms with Crippen LogP contribution in [0, 0.1) is 0 Å². The molecule has 18 heavy (non-hydrogen) atoms. The fraction of sp³-hybridized carbons (Fsp3) is 0.364. The average Bonchev–Trinajstić information content (AvgIpc) is 3.12. The van der Waals surface area contributed by atoms with E-state index < -0.39 is 0 Å². The molecule has 1 fully saturated rings. The van der Waals surface area contributed by atoms with Gasteiger partial charge in [-0.1, -0.05) is 0 Å². The Morgan fingerprint density at radius 2 is 2.28 bits per heavy atom. The minimum Gasteiger partial charge on any atom is -0.495 e. The van der Waals surface area contributed by atoms with E-state index in [0.29, 0.717) is 17.5 Å². The molecule has 3 rings (SSSR count). The van der Waals surface area contributed by atoms with Crippen LogP contribution in [0.25, 0.3) is 0 Å². The zero-order valence-corrected chi connectivity index (χ0v) is 10.7. The quantitative estimate of drug-likeness (QED) is 0.847. The SMILES string of the molecule is COc1cc(Sc2nnnn2C2CC2)ccc1N. The third-order valence-electron chi connectivity index (χ3n) is 2.77. The maximum Gasteiger partial charge on any atom is 0.214 e. The number of hydrogen-bond donors (Lipinski definition) is 1. The maximum atomic E-state index is 5.78. The second kappa shape index (κ2) is 4.49. The molecule has 1 saturated carbocycles. The largest absolute Gasteiger partial charge is 0.495 e. The first kappa shape index (κ1) is 11.3. The highest BCUT2D eigenvalue weighted by Crippen LogP contribution is 2.38. The summed E-state index contributed by atoms with van der Waals surface area (Å²) in [4.78, 5) is 1.01. The molecular formula is C11H13N5OS. The van der Waals surface area contributed by atoms with Crippen molar-refractivity contribution in [2.24, 2.45) is 0 Å². The van der Waals surface area contributed by atoms with Gasteiger partial charge in [-0.2, -0.15) is 0 Å². The summed E-state index contributed by atoms with van der Waals surface area (Å²) in [5.41, 5.74) is 6.41. The standard InChI is InChI=1S/C11H13N5OS/c1-17-10-6-8(4-5-9(10)12)18-11-13-14-15-16(11)7-2-3-7/h4-7H,2-3,12H2,1H3. The molecule has 0 bridgehead atoms. The molecule has 1 aliphatic rings. The lowest BCUT2D eigenvalue weighted by molar-refractivity contribution is 0.416. The molecule has 2 N–H and O–H groups in total. The minimum absolute atomic E-state index is 0.471. The molecule has 0 aliphatic heterocycles. The van der Waals surface area contributed by atoms with E-state index >= 15 is 0 Å². The number of nitrogens with zero attached hydrogens (tertiary/aromatic N) is 4. The van der Waals surface area contributed by atoms with Crippen LogP contribution in [0.1, 0.15) is 18.9 Å². The summed E-state index contributed by atoms with van der Waals surface area (Å²) in [6, 6.07) is 6.13. The van der Waals surface area contributed by atoms with Crippen LogP contribution in [0.4, 0.5) is 5.69 Å². The van der Waals surface area contributed by atoms with Gasteiger partial charge in [-0.3, -0.25) is 0 Å². The normalized spacial score (nSPS) is 14.7. The van der Waals surface area contributed by atoms with Crippen LogP contribution in [0.15, 0.2) is 28.3 Å². The Kier molecular flexibility index (Phi) is 2.83. The third kappa shape index (κ3) is 2.13. The topological polar surface area (TPSA) is 78.9 Å². The molecule has 0 saturated heterocycles. The Balaban J connectivity index is 1.85. The number of aromatic nitrogens is 4. The average molecular weight is 263 g/mol. The predicted molar refractivity (Wildman–Crippen MR) is 67.6 cm³/mol. The molecule has 1 heterocycles. The number of nitrogens with two attached hydrogens (primary N) is 1. The molecule has 0 spiro atoms. The number of benzene rings is 1. The first-order chi connectivity index (χ1) is 8.78. The number of methoxy groups -OCH3 is 1. The van der Waals surface area contributed by atoms with Gasteiger partial charge in [0.2, 0.25) is 5.16 Å². The van der Waals surface area contributed by atoms with Crippen molar-refractivity contribution in [2.75, 3.05) is 12.8 Å². The molecule has 0 atom stereocenters. The number of rotatable bonds is 4. The lowest BCUT2D eigenvalue weighted by atomic mass is 10.3. The van der Waals surface area contributed by atoms with Crippen molar-refractivity contribution in [1.82, 2.24) is 20.2 Å². The van der Waals surface area contributed by atoms with Crippen molar-refractivity contribution >= 4 is 17.4 Å². The molecule has 0 amide bonds. The van der Waals surface area contributed by atoms with Crippen molar-refractivity contribution in [3.05, 3.63) is 18.2 Å². The van der Waals surface area contributed by atoms with Gasteiger partial charge >= 0.3 is 0 Å². The Bertz CT molecular complexity index is 566. The van der Waals surface area contributed by atoms with E-state index in [1.807, 2.05) is 22.9 Å². The van der Waals surface area contributed by atoms with E-state index in [4.69, 9.17) is 10.5 Å². The Labute approximate surface area is 109 Å². The summed E-state index contributed by atoms with van der Waals surface area (Å²) in [5.74, 6) is 0.672. The Morgan fingerprint density at radius 3 is 3.00 bits per heavy atom. The van der Waals surface area contributed by atoms with Crippen molar-refractivity contribution in [1.29, 1.82) is 0 Å². The highest BCUT2D eigenvalue weighted by molar-refractivity contribution is 7.99. The fourth-order valence-electron chi connectivity index (χ4n) is 1.66. The molecule has 2 aromatic rings. The van der Waals surface area contributed by atoms with E-state index in [9.17, 15) is 0 Å². The molecular weight excluding hydrogens is 250 g/mol. The van der Waals surface area contributed by atoms with Gasteiger partial charge in [-0.25, -0.2) is 4.68 Å². The molecule has 1 aromatic carbocycles. The molecule has 0 radical (unpaired) electrons. The van der Waals surface area contributed by atoms with E-state index in [-0.39, 0.29) is 0 Å². The van der Waals surface area contributed by atoms with E-state index in [2.05, 4.69) is 15.5 Å². The van der Waals surface area contributed by atoms with Crippen LogP contribution < -0.4 is 10.5 Å². The minimum atomic E-state index is 0.471. The van der Waals surface area contributed by atoms with Gasteiger partial charge in [0.15, 0.2) is 0 Å². The van der Waals surface area contributed by atoms with Crippen LogP contribution in [0.3, 0.4) is 0 Å². The zero-order valence-electron chi connectivity index (χ0n) is 9.91. The summed E-state index contributed by atoms with van der Waals surface area (Å²) in [7, 11) is 1.61. The number of ether oxygens (including phenoxy) is 1. The van der Waals surface area contributed by atoms with E-state index in [1.54, 1.807) is 7.11 Å². The second-order valence-electron chi connectivity index (χ2n) is 4.14. The summed E-state index contributed by atoms with van der Waals surface area (Å²) in [6.45, 7) is 0. The molecule has 1 aromatic heterocycles. The van der Waals surface area contributed by atoms with E-state index in [0.717, 1.165) is 22.9 Å². The van der Waals surface area contributed by atoms with Gasteiger partial charge in [0.1, 0.15) is 5.75 Å². The molecule has 6 nitrogen and oxygen atoms in total. The highest BCUT2D eigenvalue weighted by Gasteiger charge is 2.28. The second-order valence-corrected chi connectivity index (χ2v) is 5.18.